The van der Waals surface area contributed by atoms with Gasteiger partial charge in [0.05, 0.1) is 17.4 Å². The monoisotopic (exact) mass is 293 g/mol. The first-order chi connectivity index (χ1) is 9.35. The molecule has 0 aliphatic heterocycles. The highest BCUT2D eigenvalue weighted by Crippen LogP contribution is 2.33. The molecule has 0 bridgehead atoms. The zero-order valence-corrected chi connectivity index (χ0v) is 13.0. The van der Waals surface area contributed by atoms with Crippen LogP contribution in [0.3, 0.4) is 0 Å². The van der Waals surface area contributed by atoms with Gasteiger partial charge in [-0.25, -0.2) is 0 Å². The van der Waals surface area contributed by atoms with Crippen molar-refractivity contribution in [2.75, 3.05) is 0 Å². The fourth-order valence-corrected chi connectivity index (χ4v) is 1.97. The van der Waals surface area contributed by atoms with Gasteiger partial charge in [0, 0.05) is 24.7 Å². The summed E-state index contributed by atoms with van der Waals surface area (Å²) in [5, 5.41) is 8.13. The number of aromatic nitrogens is 2. The van der Waals surface area contributed by atoms with E-state index in [1.54, 1.807) is 10.9 Å². The summed E-state index contributed by atoms with van der Waals surface area (Å²) in [6.07, 6.45) is 3.48. The number of benzene rings is 1. The molecule has 1 aromatic carbocycles. The molecular weight excluding hydrogens is 274 g/mol. The Bertz CT molecular complexity index is 587. The van der Waals surface area contributed by atoms with Crippen LogP contribution in [0.5, 0.6) is 11.5 Å². The number of hydrogen-bond donors (Lipinski definition) is 1. The van der Waals surface area contributed by atoms with E-state index in [2.05, 4.69) is 31.2 Å². The van der Waals surface area contributed by atoms with Gasteiger partial charge in [-0.2, -0.15) is 5.10 Å². The summed E-state index contributed by atoms with van der Waals surface area (Å²) in [5.74, 6) is 1.36. The Morgan fingerprint density at radius 3 is 2.70 bits per heavy atom. The van der Waals surface area contributed by atoms with Crippen LogP contribution in [-0.2, 0) is 13.6 Å². The van der Waals surface area contributed by atoms with Crippen LogP contribution in [0, 0.1) is 0 Å². The second kappa shape index (κ2) is 5.85. The van der Waals surface area contributed by atoms with Crippen LogP contribution in [0.4, 0.5) is 0 Å². The van der Waals surface area contributed by atoms with Crippen molar-refractivity contribution in [1.29, 1.82) is 0 Å². The standard InChI is InChI=1S/C15H20ClN3O/c1-15(2,3)17-8-11-6-5-7-13(16)14(11)20-12-9-18-19(4)10-12/h5-7,9-10,17H,8H2,1-4H3. The first kappa shape index (κ1) is 14.9. The van der Waals surface area contributed by atoms with Crippen LogP contribution in [0.25, 0.3) is 0 Å². The quantitative estimate of drug-likeness (QED) is 0.933. The zero-order valence-electron chi connectivity index (χ0n) is 12.3. The number of rotatable bonds is 4. The van der Waals surface area contributed by atoms with Gasteiger partial charge in [0.25, 0.3) is 0 Å². The molecule has 0 saturated carbocycles. The maximum atomic E-state index is 6.26. The van der Waals surface area contributed by atoms with Crippen molar-refractivity contribution in [3.63, 3.8) is 0 Å². The minimum absolute atomic E-state index is 0.0356. The van der Waals surface area contributed by atoms with E-state index in [9.17, 15) is 0 Å². The molecule has 0 spiro atoms. The van der Waals surface area contributed by atoms with Crippen molar-refractivity contribution in [3.8, 4) is 11.5 Å². The van der Waals surface area contributed by atoms with E-state index < -0.39 is 0 Å². The average molecular weight is 294 g/mol. The Labute approximate surface area is 124 Å². The first-order valence-electron chi connectivity index (χ1n) is 6.54. The molecule has 5 heteroatoms. The number of para-hydroxylation sites is 1. The van der Waals surface area contributed by atoms with Crippen LogP contribution < -0.4 is 10.1 Å². The predicted molar refractivity (Wildman–Crippen MR) is 81.3 cm³/mol. The van der Waals surface area contributed by atoms with Crippen molar-refractivity contribution >= 4 is 11.6 Å². The molecular formula is C15H20ClN3O. The Balaban J connectivity index is 2.22. The van der Waals surface area contributed by atoms with E-state index >= 15 is 0 Å². The minimum atomic E-state index is 0.0356. The Kier molecular flexibility index (Phi) is 4.35. The number of halogens is 1. The largest absolute Gasteiger partial charge is 0.452 e. The highest BCUT2D eigenvalue weighted by Gasteiger charge is 2.14. The van der Waals surface area contributed by atoms with Crippen molar-refractivity contribution in [1.82, 2.24) is 15.1 Å². The molecule has 0 aliphatic carbocycles. The predicted octanol–water partition coefficient (Wildman–Crippen LogP) is 3.75. The third-order valence-corrected chi connectivity index (χ3v) is 3.06. The first-order valence-corrected chi connectivity index (χ1v) is 6.92. The molecule has 0 aliphatic rings. The lowest BCUT2D eigenvalue weighted by Crippen LogP contribution is -2.35. The maximum absolute atomic E-state index is 6.26. The number of nitrogens with zero attached hydrogens (tertiary/aromatic N) is 2. The van der Waals surface area contributed by atoms with E-state index in [0.717, 1.165) is 5.56 Å². The van der Waals surface area contributed by atoms with Gasteiger partial charge >= 0.3 is 0 Å². The van der Waals surface area contributed by atoms with Gasteiger partial charge in [-0.05, 0) is 26.8 Å². The Hall–Kier alpha value is -1.52. The summed E-state index contributed by atoms with van der Waals surface area (Å²) in [4.78, 5) is 0. The third-order valence-electron chi connectivity index (χ3n) is 2.76. The van der Waals surface area contributed by atoms with Gasteiger partial charge in [-0.15, -0.1) is 0 Å². The lowest BCUT2D eigenvalue weighted by atomic mass is 10.1. The molecule has 0 unspecified atom stereocenters. The lowest BCUT2D eigenvalue weighted by Gasteiger charge is -2.21. The van der Waals surface area contributed by atoms with Gasteiger partial charge in [0.1, 0.15) is 0 Å². The summed E-state index contributed by atoms with van der Waals surface area (Å²) in [5.41, 5.74) is 1.06. The molecule has 0 radical (unpaired) electrons. The number of ether oxygens (including phenoxy) is 1. The third kappa shape index (κ3) is 3.99. The van der Waals surface area contributed by atoms with E-state index in [1.165, 1.54) is 0 Å². The number of aryl methyl sites for hydroxylation is 1. The molecule has 1 N–H and O–H groups in total. The smallest absolute Gasteiger partial charge is 0.165 e. The summed E-state index contributed by atoms with van der Waals surface area (Å²) in [6.45, 7) is 7.07. The second-order valence-electron chi connectivity index (χ2n) is 5.78. The van der Waals surface area contributed by atoms with Crippen LogP contribution >= 0.6 is 11.6 Å². The van der Waals surface area contributed by atoms with Crippen molar-refractivity contribution in [2.24, 2.45) is 7.05 Å². The van der Waals surface area contributed by atoms with Gasteiger partial charge in [0.15, 0.2) is 11.5 Å². The topological polar surface area (TPSA) is 39.1 Å². The van der Waals surface area contributed by atoms with E-state index in [1.807, 2.05) is 31.4 Å². The molecule has 0 fully saturated rings. The molecule has 0 atom stereocenters. The number of hydrogen-bond acceptors (Lipinski definition) is 3. The molecule has 1 aromatic heterocycles. The average Bonchev–Trinajstić information content (AvgIpc) is 2.75. The summed E-state index contributed by atoms with van der Waals surface area (Å²) in [6, 6.07) is 5.77. The summed E-state index contributed by atoms with van der Waals surface area (Å²) < 4.78 is 7.56. The summed E-state index contributed by atoms with van der Waals surface area (Å²) in [7, 11) is 1.85. The molecule has 108 valence electrons. The van der Waals surface area contributed by atoms with Crippen LogP contribution in [0.2, 0.25) is 5.02 Å². The van der Waals surface area contributed by atoms with E-state index in [0.29, 0.717) is 23.1 Å². The van der Waals surface area contributed by atoms with Gasteiger partial charge in [-0.1, -0.05) is 23.7 Å². The van der Waals surface area contributed by atoms with Crippen LogP contribution in [-0.4, -0.2) is 15.3 Å². The summed E-state index contributed by atoms with van der Waals surface area (Å²) >= 11 is 6.26. The normalized spacial score (nSPS) is 11.7. The highest BCUT2D eigenvalue weighted by molar-refractivity contribution is 6.32. The fourth-order valence-electron chi connectivity index (χ4n) is 1.74. The van der Waals surface area contributed by atoms with E-state index in [-0.39, 0.29) is 5.54 Å². The van der Waals surface area contributed by atoms with Crippen molar-refractivity contribution < 1.29 is 4.74 Å². The molecule has 4 nitrogen and oxygen atoms in total. The molecule has 20 heavy (non-hydrogen) atoms. The molecule has 1 heterocycles. The van der Waals surface area contributed by atoms with Crippen molar-refractivity contribution in [2.45, 2.75) is 32.9 Å². The Morgan fingerprint density at radius 2 is 2.10 bits per heavy atom. The SMILES string of the molecule is Cn1cc(Oc2c(Cl)cccc2CNC(C)(C)C)cn1. The van der Waals surface area contributed by atoms with Crippen molar-refractivity contribution in [3.05, 3.63) is 41.2 Å². The van der Waals surface area contributed by atoms with Gasteiger partial charge in [0.2, 0.25) is 0 Å². The molecule has 0 amide bonds. The maximum Gasteiger partial charge on any atom is 0.165 e. The van der Waals surface area contributed by atoms with Crippen LogP contribution in [0.15, 0.2) is 30.6 Å². The highest BCUT2D eigenvalue weighted by atomic mass is 35.5. The Morgan fingerprint density at radius 1 is 1.35 bits per heavy atom. The minimum Gasteiger partial charge on any atom is -0.452 e. The lowest BCUT2D eigenvalue weighted by molar-refractivity contribution is 0.414. The zero-order chi connectivity index (χ0) is 14.8. The van der Waals surface area contributed by atoms with Gasteiger partial charge < -0.3 is 10.1 Å². The molecule has 2 rings (SSSR count). The van der Waals surface area contributed by atoms with Gasteiger partial charge in [-0.3, -0.25) is 4.68 Å². The molecule has 0 saturated heterocycles. The second-order valence-corrected chi connectivity index (χ2v) is 6.19. The van der Waals surface area contributed by atoms with E-state index in [4.69, 9.17) is 16.3 Å². The fraction of sp³-hybridized carbons (Fsp3) is 0.400. The molecule has 2 aromatic rings. The van der Waals surface area contributed by atoms with Crippen LogP contribution in [0.1, 0.15) is 26.3 Å². The number of nitrogens with one attached hydrogen (secondary N) is 1.